The number of amides is 1. The van der Waals surface area contributed by atoms with Crippen LogP contribution in [-0.2, 0) is 5.75 Å². The number of hydrogen-bond acceptors (Lipinski definition) is 4. The van der Waals surface area contributed by atoms with Gasteiger partial charge in [0.2, 0.25) is 0 Å². The summed E-state index contributed by atoms with van der Waals surface area (Å²) in [6.07, 6.45) is 6.54. The second kappa shape index (κ2) is 6.95. The quantitative estimate of drug-likeness (QED) is 0.717. The third-order valence-electron chi connectivity index (χ3n) is 3.02. The number of hydrogen-bond donors (Lipinski definition) is 1. The lowest BCUT2D eigenvalue weighted by atomic mass is 10.3. The predicted octanol–water partition coefficient (Wildman–Crippen LogP) is 4.22. The predicted molar refractivity (Wildman–Crippen MR) is 86.9 cm³/mol. The number of furan rings is 1. The average Bonchev–Trinajstić information content (AvgIpc) is 3.10. The van der Waals surface area contributed by atoms with E-state index in [0.717, 1.165) is 16.3 Å². The molecule has 0 saturated carbocycles. The summed E-state index contributed by atoms with van der Waals surface area (Å²) < 4.78 is 4.90. The van der Waals surface area contributed by atoms with Crippen LogP contribution in [0.25, 0.3) is 0 Å². The van der Waals surface area contributed by atoms with Crippen molar-refractivity contribution >= 4 is 23.4 Å². The summed E-state index contributed by atoms with van der Waals surface area (Å²) in [5, 5.41) is 2.83. The fourth-order valence-corrected chi connectivity index (χ4v) is 2.71. The number of aromatic nitrogens is 1. The maximum absolute atomic E-state index is 11.9. The van der Waals surface area contributed by atoms with Crippen LogP contribution in [0.15, 0.2) is 76.7 Å². The summed E-state index contributed by atoms with van der Waals surface area (Å²) >= 11 is 1.73. The maximum Gasteiger partial charge on any atom is 0.258 e. The van der Waals surface area contributed by atoms with E-state index in [1.54, 1.807) is 24.0 Å². The highest BCUT2D eigenvalue weighted by molar-refractivity contribution is 7.98. The van der Waals surface area contributed by atoms with E-state index in [0.29, 0.717) is 5.56 Å². The van der Waals surface area contributed by atoms with E-state index in [2.05, 4.69) is 16.4 Å². The second-order valence-corrected chi connectivity index (χ2v) is 5.69. The molecule has 3 aromatic rings. The zero-order chi connectivity index (χ0) is 15.2. The van der Waals surface area contributed by atoms with Crippen molar-refractivity contribution in [2.45, 2.75) is 10.6 Å². The van der Waals surface area contributed by atoms with Crippen molar-refractivity contribution in [2.24, 2.45) is 0 Å². The maximum atomic E-state index is 11.9. The molecule has 22 heavy (non-hydrogen) atoms. The molecule has 4 nitrogen and oxygen atoms in total. The van der Waals surface area contributed by atoms with E-state index in [1.807, 2.05) is 36.5 Å². The molecule has 1 amide bonds. The molecule has 0 bridgehead atoms. The number of nitrogens with one attached hydrogen (secondary N) is 1. The molecule has 1 N–H and O–H groups in total. The van der Waals surface area contributed by atoms with Crippen molar-refractivity contribution < 1.29 is 9.21 Å². The van der Waals surface area contributed by atoms with Gasteiger partial charge in [0.15, 0.2) is 0 Å². The van der Waals surface area contributed by atoms with Crippen molar-refractivity contribution in [1.29, 1.82) is 0 Å². The minimum absolute atomic E-state index is 0.176. The Hall–Kier alpha value is -2.53. The van der Waals surface area contributed by atoms with Crippen LogP contribution in [0, 0.1) is 0 Å². The van der Waals surface area contributed by atoms with Gasteiger partial charge in [-0.1, -0.05) is 6.07 Å². The van der Waals surface area contributed by atoms with Crippen molar-refractivity contribution in [3.63, 3.8) is 0 Å². The number of benzene rings is 1. The Kier molecular flexibility index (Phi) is 4.56. The van der Waals surface area contributed by atoms with Crippen molar-refractivity contribution in [1.82, 2.24) is 4.98 Å². The minimum Gasteiger partial charge on any atom is -0.472 e. The van der Waals surface area contributed by atoms with Crippen molar-refractivity contribution in [3.8, 4) is 0 Å². The Morgan fingerprint density at radius 3 is 2.73 bits per heavy atom. The van der Waals surface area contributed by atoms with Gasteiger partial charge in [-0.3, -0.25) is 9.78 Å². The number of carbonyl (C=O) groups is 1. The average molecular weight is 310 g/mol. The molecule has 2 heterocycles. The molecule has 3 rings (SSSR count). The molecule has 0 aliphatic heterocycles. The smallest absolute Gasteiger partial charge is 0.258 e. The topological polar surface area (TPSA) is 55.1 Å². The van der Waals surface area contributed by atoms with Crippen LogP contribution in [-0.4, -0.2) is 10.9 Å². The van der Waals surface area contributed by atoms with Crippen LogP contribution in [0.3, 0.4) is 0 Å². The van der Waals surface area contributed by atoms with E-state index in [4.69, 9.17) is 4.42 Å². The van der Waals surface area contributed by atoms with Gasteiger partial charge in [0.25, 0.3) is 5.91 Å². The zero-order valence-electron chi connectivity index (χ0n) is 11.7. The van der Waals surface area contributed by atoms with Crippen LogP contribution in [0.5, 0.6) is 0 Å². The first kappa shape index (κ1) is 14.4. The van der Waals surface area contributed by atoms with Crippen LogP contribution in [0.1, 0.15) is 15.9 Å². The largest absolute Gasteiger partial charge is 0.472 e. The highest BCUT2D eigenvalue weighted by atomic mass is 32.2. The first-order chi connectivity index (χ1) is 10.8. The van der Waals surface area contributed by atoms with Gasteiger partial charge in [0, 0.05) is 28.7 Å². The molecule has 0 spiro atoms. The molecule has 0 fully saturated rings. The highest BCUT2D eigenvalue weighted by Gasteiger charge is 2.07. The molecular formula is C17H14N2O2S. The monoisotopic (exact) mass is 310 g/mol. The third-order valence-corrected chi connectivity index (χ3v) is 4.11. The molecule has 0 unspecified atom stereocenters. The van der Waals surface area contributed by atoms with Gasteiger partial charge >= 0.3 is 0 Å². The Morgan fingerprint density at radius 2 is 2.05 bits per heavy atom. The SMILES string of the molecule is O=C(Nc1ccc(SCc2cccnc2)cc1)c1ccoc1. The van der Waals surface area contributed by atoms with Crippen LogP contribution < -0.4 is 5.32 Å². The van der Waals surface area contributed by atoms with Gasteiger partial charge in [0.1, 0.15) is 6.26 Å². The molecular weight excluding hydrogens is 296 g/mol. The Morgan fingerprint density at radius 1 is 1.18 bits per heavy atom. The van der Waals surface area contributed by atoms with E-state index >= 15 is 0 Å². The van der Waals surface area contributed by atoms with E-state index in [9.17, 15) is 4.79 Å². The van der Waals surface area contributed by atoms with Gasteiger partial charge in [-0.05, 0) is 42.0 Å². The molecule has 0 saturated heterocycles. The number of pyridine rings is 1. The lowest BCUT2D eigenvalue weighted by Crippen LogP contribution is -2.10. The van der Waals surface area contributed by atoms with Gasteiger partial charge in [-0.15, -0.1) is 11.8 Å². The van der Waals surface area contributed by atoms with Crippen molar-refractivity contribution in [3.05, 3.63) is 78.5 Å². The lowest BCUT2D eigenvalue weighted by Gasteiger charge is -2.05. The minimum atomic E-state index is -0.176. The molecule has 0 radical (unpaired) electrons. The normalized spacial score (nSPS) is 10.4. The number of anilines is 1. The Labute approximate surface area is 132 Å². The van der Waals surface area contributed by atoms with Crippen LogP contribution >= 0.6 is 11.8 Å². The summed E-state index contributed by atoms with van der Waals surface area (Å²) in [5.41, 5.74) is 2.46. The van der Waals surface area contributed by atoms with Crippen molar-refractivity contribution in [2.75, 3.05) is 5.32 Å². The molecule has 0 aliphatic rings. The molecule has 0 atom stereocenters. The summed E-state index contributed by atoms with van der Waals surface area (Å²) in [6.45, 7) is 0. The van der Waals surface area contributed by atoms with Gasteiger partial charge in [-0.2, -0.15) is 0 Å². The standard InChI is InChI=1S/C17H14N2O2S/c20-17(14-7-9-21-11-14)19-15-3-5-16(6-4-15)22-12-13-2-1-8-18-10-13/h1-11H,12H2,(H,19,20). The van der Waals surface area contributed by atoms with Gasteiger partial charge in [0.05, 0.1) is 11.8 Å². The van der Waals surface area contributed by atoms with Crippen LogP contribution in [0.4, 0.5) is 5.69 Å². The fourth-order valence-electron chi connectivity index (χ4n) is 1.88. The molecule has 0 aliphatic carbocycles. The molecule has 110 valence electrons. The summed E-state index contributed by atoms with van der Waals surface area (Å²) in [7, 11) is 0. The first-order valence-corrected chi connectivity index (χ1v) is 7.75. The Bertz CT molecular complexity index is 725. The number of nitrogens with zero attached hydrogens (tertiary/aromatic N) is 1. The lowest BCUT2D eigenvalue weighted by molar-refractivity contribution is 0.102. The zero-order valence-corrected chi connectivity index (χ0v) is 12.5. The number of rotatable bonds is 5. The van der Waals surface area contributed by atoms with E-state index < -0.39 is 0 Å². The summed E-state index contributed by atoms with van der Waals surface area (Å²) in [5.74, 6) is 0.693. The fraction of sp³-hybridized carbons (Fsp3) is 0.0588. The highest BCUT2D eigenvalue weighted by Crippen LogP contribution is 2.24. The number of thioether (sulfide) groups is 1. The molecule has 1 aromatic carbocycles. The number of carbonyl (C=O) groups excluding carboxylic acids is 1. The summed E-state index contributed by atoms with van der Waals surface area (Å²) in [6, 6.07) is 13.4. The Balaban J connectivity index is 1.57. The summed E-state index contributed by atoms with van der Waals surface area (Å²) in [4.78, 5) is 17.1. The van der Waals surface area contributed by atoms with Crippen LogP contribution in [0.2, 0.25) is 0 Å². The second-order valence-electron chi connectivity index (χ2n) is 4.64. The van der Waals surface area contributed by atoms with Gasteiger partial charge in [-0.25, -0.2) is 0 Å². The van der Waals surface area contributed by atoms with E-state index in [1.165, 1.54) is 18.1 Å². The molecule has 5 heteroatoms. The third kappa shape index (κ3) is 3.77. The molecule has 2 aromatic heterocycles. The van der Waals surface area contributed by atoms with E-state index in [-0.39, 0.29) is 5.91 Å². The van der Waals surface area contributed by atoms with Gasteiger partial charge < -0.3 is 9.73 Å². The first-order valence-electron chi connectivity index (χ1n) is 6.76.